The summed E-state index contributed by atoms with van der Waals surface area (Å²) in [6.07, 6.45) is 36.7. The van der Waals surface area contributed by atoms with Gasteiger partial charge in [-0.05, 0) is 125 Å². The van der Waals surface area contributed by atoms with E-state index in [0.717, 1.165) is 138 Å². The Morgan fingerprint density at radius 2 is 0.685 bits per heavy atom. The van der Waals surface area contributed by atoms with E-state index in [-0.39, 0.29) is 71.1 Å². The summed E-state index contributed by atoms with van der Waals surface area (Å²) < 4.78 is 39.8. The standard InChI is InChI=1S/C20H27N3OS.C16H19F2N3OS.C16H20FN3OS.C16H27N3OS.C15H25N3OS/c1-3-15-9-11-16(12-10-15)13-18(21-14(2)24)20-23-22-19(25-20)17-7-5-4-6-8-17;1-3-4-5-6-14(19-10(2)22)16-21-20-15(23-16)12-8-7-11(17)9-13(12)18;1-3-4-5-6-14(18-11(2)21)16-20-19-15(22-16)12-7-9-13(17)10-8-12;1-3-4-6-11-14(17-12(2)20)16-19-18-15(21-16)13-9-7-5-8-10-13;1-3-4-10-13(16-11(2)19)15-18-17-14(20-15)12-8-6-5-7-9-12/h9-12,17-18H,3-8,13H2,1-2H3,(H,21,24);7-9,14H,3-6H2,1-2H3,(H,19,22);7-10,14H,3-6H2,1-2H3,(H,18,21);13-14H,3-11H2,1-2H3,(H,17,20);12-13H,3-10H2,1-2H3,(H,16,19). The number of aromatic nitrogens is 10. The molecule has 111 heavy (non-hydrogen) atoms. The number of aryl methyl sites for hydroxylation is 1. The first-order valence-corrected chi connectivity index (χ1v) is 44.6. The van der Waals surface area contributed by atoms with Gasteiger partial charge in [-0.25, -0.2) is 13.2 Å². The molecule has 11 rings (SSSR count). The van der Waals surface area contributed by atoms with Gasteiger partial charge in [0.1, 0.15) is 62.5 Å². The molecule has 5 amide bonds. The molecule has 0 aliphatic heterocycles. The van der Waals surface area contributed by atoms with E-state index in [1.165, 1.54) is 191 Å². The van der Waals surface area contributed by atoms with Gasteiger partial charge in [-0.15, -0.1) is 51.0 Å². The SMILES string of the molecule is CCCCC(NC(C)=O)c1nnc(C2CCCCC2)s1.CCCCCC(NC(C)=O)c1nnc(-c2ccc(F)cc2)s1.CCCCCC(NC(C)=O)c1nnc(-c2ccc(F)cc2F)s1.CCCCCC(NC(C)=O)c1nnc(C2CCCCC2)s1.CCc1ccc(CC(NC(C)=O)c2nnc(C3CCCCC3)s2)cc1. The summed E-state index contributed by atoms with van der Waals surface area (Å²) in [5.41, 5.74) is 3.59. The van der Waals surface area contributed by atoms with E-state index in [4.69, 9.17) is 0 Å². The molecule has 5 aromatic heterocycles. The van der Waals surface area contributed by atoms with E-state index in [9.17, 15) is 37.1 Å². The van der Waals surface area contributed by atoms with Gasteiger partial charge < -0.3 is 26.6 Å². The predicted octanol–water partition coefficient (Wildman–Crippen LogP) is 21.2. The summed E-state index contributed by atoms with van der Waals surface area (Å²) in [4.78, 5) is 57.2. The van der Waals surface area contributed by atoms with Crippen molar-refractivity contribution in [1.82, 2.24) is 77.6 Å². The van der Waals surface area contributed by atoms with E-state index in [1.807, 2.05) is 0 Å². The molecule has 3 fully saturated rings. The maximum Gasteiger partial charge on any atom is 0.217 e. The highest BCUT2D eigenvalue weighted by Crippen LogP contribution is 2.40. The van der Waals surface area contributed by atoms with Gasteiger partial charge in [0.2, 0.25) is 29.5 Å². The van der Waals surface area contributed by atoms with Gasteiger partial charge >= 0.3 is 0 Å². The van der Waals surface area contributed by atoms with E-state index in [0.29, 0.717) is 27.8 Å². The van der Waals surface area contributed by atoms with E-state index >= 15 is 0 Å². The van der Waals surface area contributed by atoms with Gasteiger partial charge in [-0.1, -0.05) is 244 Å². The molecule has 28 heteroatoms. The molecule has 5 unspecified atom stereocenters. The Balaban J connectivity index is 0.000000193. The van der Waals surface area contributed by atoms with Crippen LogP contribution in [0, 0.1) is 17.5 Å². The molecule has 0 bridgehead atoms. The largest absolute Gasteiger partial charge is 0.347 e. The fourth-order valence-electron chi connectivity index (χ4n) is 13.7. The maximum atomic E-state index is 13.8. The van der Waals surface area contributed by atoms with Crippen LogP contribution in [0.3, 0.4) is 0 Å². The fraction of sp³-hybridized carbons (Fsp3) is 0.602. The molecule has 8 aromatic rings. The second kappa shape index (κ2) is 50.0. The van der Waals surface area contributed by atoms with E-state index in [1.54, 1.807) is 66.9 Å². The highest BCUT2D eigenvalue weighted by atomic mass is 32.1. The van der Waals surface area contributed by atoms with Crippen molar-refractivity contribution in [3.8, 4) is 21.1 Å². The van der Waals surface area contributed by atoms with Crippen LogP contribution in [-0.2, 0) is 36.8 Å². The molecular weight excluding hydrogens is 1500 g/mol. The van der Waals surface area contributed by atoms with Crippen molar-refractivity contribution in [2.45, 2.75) is 323 Å². The average Bonchev–Trinajstić information content (AvgIpc) is 2.23. The van der Waals surface area contributed by atoms with Gasteiger partial charge in [0.25, 0.3) is 0 Å². The van der Waals surface area contributed by atoms with Gasteiger partial charge in [-0.3, -0.25) is 24.0 Å². The Morgan fingerprint density at radius 1 is 0.360 bits per heavy atom. The topological polar surface area (TPSA) is 274 Å². The lowest BCUT2D eigenvalue weighted by atomic mass is 9.90. The van der Waals surface area contributed by atoms with Crippen LogP contribution in [0.2, 0.25) is 0 Å². The zero-order valence-electron chi connectivity index (χ0n) is 66.8. The van der Waals surface area contributed by atoms with Crippen LogP contribution in [0.4, 0.5) is 13.2 Å². The highest BCUT2D eigenvalue weighted by molar-refractivity contribution is 7.15. The number of rotatable bonds is 33. The molecule has 3 aliphatic carbocycles. The van der Waals surface area contributed by atoms with Crippen molar-refractivity contribution in [2.75, 3.05) is 0 Å². The molecule has 3 saturated carbocycles. The summed E-state index contributed by atoms with van der Waals surface area (Å²) in [6, 6.07) is 17.8. The monoisotopic (exact) mass is 1620 g/mol. The minimum Gasteiger partial charge on any atom is -0.347 e. The number of amides is 5. The first kappa shape index (κ1) is 90.8. The third-order valence-electron chi connectivity index (χ3n) is 19.8. The van der Waals surface area contributed by atoms with E-state index < -0.39 is 11.6 Å². The number of benzene rings is 3. The third-order valence-corrected chi connectivity index (χ3v) is 25.5. The minimum atomic E-state index is -0.672. The zero-order chi connectivity index (χ0) is 79.9. The minimum absolute atomic E-state index is 0.0144. The van der Waals surface area contributed by atoms with Gasteiger partial charge in [-0.2, -0.15) is 0 Å². The van der Waals surface area contributed by atoms with Crippen LogP contribution < -0.4 is 26.6 Å². The zero-order valence-corrected chi connectivity index (χ0v) is 70.9. The average molecular weight is 1620 g/mol. The molecule has 5 N–H and O–H groups in total. The van der Waals surface area contributed by atoms with Crippen molar-refractivity contribution >= 4 is 86.2 Å². The van der Waals surface area contributed by atoms with Gasteiger partial charge in [0.15, 0.2) is 5.01 Å². The lowest BCUT2D eigenvalue weighted by molar-refractivity contribution is -0.120. The van der Waals surface area contributed by atoms with Crippen LogP contribution in [0.25, 0.3) is 21.1 Å². The first-order valence-electron chi connectivity index (χ1n) is 40.5. The van der Waals surface area contributed by atoms with Crippen LogP contribution in [-0.4, -0.2) is 80.5 Å². The normalized spacial score (nSPS) is 15.2. The smallest absolute Gasteiger partial charge is 0.217 e. The number of halogens is 3. The number of nitrogens with zero attached hydrogens (tertiary/aromatic N) is 10. The van der Waals surface area contributed by atoms with Crippen LogP contribution in [0.15, 0.2) is 66.7 Å². The molecule has 0 radical (unpaired) electrons. The van der Waals surface area contributed by atoms with E-state index in [2.05, 4.69) is 136 Å². The van der Waals surface area contributed by atoms with Gasteiger partial charge in [0, 0.05) is 69.6 Å². The van der Waals surface area contributed by atoms with Crippen LogP contribution >= 0.6 is 56.7 Å². The number of carbonyl (C=O) groups is 5. The molecule has 5 atom stereocenters. The first-order chi connectivity index (χ1) is 53.7. The molecule has 0 saturated heterocycles. The quantitative estimate of drug-likeness (QED) is 0.0239. The Morgan fingerprint density at radius 3 is 1.05 bits per heavy atom. The second-order valence-corrected chi connectivity index (χ2v) is 34.4. The molecule has 606 valence electrons. The molecule has 5 heterocycles. The summed E-state index contributed by atoms with van der Waals surface area (Å²) in [5.74, 6) is -0.0301. The number of nitrogens with one attached hydrogen (secondary N) is 5. The molecule has 20 nitrogen and oxygen atoms in total. The lowest BCUT2D eigenvalue weighted by Gasteiger charge is -2.18. The van der Waals surface area contributed by atoms with Crippen molar-refractivity contribution < 1.29 is 37.1 Å². The van der Waals surface area contributed by atoms with Crippen molar-refractivity contribution in [2.24, 2.45) is 0 Å². The summed E-state index contributed by atoms with van der Waals surface area (Å²) in [5, 5.41) is 66.7. The van der Waals surface area contributed by atoms with Gasteiger partial charge in [0.05, 0.1) is 30.2 Å². The van der Waals surface area contributed by atoms with Crippen LogP contribution in [0.1, 0.15) is 361 Å². The van der Waals surface area contributed by atoms with Crippen molar-refractivity contribution in [1.29, 1.82) is 0 Å². The highest BCUT2D eigenvalue weighted by Gasteiger charge is 2.28. The Kier molecular flexibility index (Phi) is 40.9. The fourth-order valence-corrected chi connectivity index (χ4v) is 18.9. The Hall–Kier alpha value is -7.40. The number of hydrogen-bond donors (Lipinski definition) is 5. The molecule has 0 spiro atoms. The van der Waals surface area contributed by atoms with Crippen molar-refractivity contribution in [3.05, 3.63) is 135 Å². The number of carbonyl (C=O) groups excluding carboxylic acids is 5. The van der Waals surface area contributed by atoms with Crippen LogP contribution in [0.5, 0.6) is 0 Å². The molecule has 3 aromatic carbocycles. The lowest BCUT2D eigenvalue weighted by Crippen LogP contribution is -2.27. The molecular formula is C83H118F3N15O5S5. The maximum absolute atomic E-state index is 13.8. The summed E-state index contributed by atoms with van der Waals surface area (Å²) >= 11 is 7.75. The molecule has 3 aliphatic rings. The number of unbranched alkanes of at least 4 members (excludes halogenated alkanes) is 7. The Labute approximate surface area is 675 Å². The Bertz CT molecular complexity index is 4020. The number of hydrogen-bond acceptors (Lipinski definition) is 20. The predicted molar refractivity (Wildman–Crippen MR) is 442 cm³/mol. The summed E-state index contributed by atoms with van der Waals surface area (Å²) in [6.45, 7) is 18.4. The second-order valence-electron chi connectivity index (χ2n) is 29.2. The summed E-state index contributed by atoms with van der Waals surface area (Å²) in [7, 11) is 0. The third kappa shape index (κ3) is 32.2. The van der Waals surface area contributed by atoms with Crippen molar-refractivity contribution in [3.63, 3.8) is 0 Å².